The van der Waals surface area contributed by atoms with Crippen molar-refractivity contribution in [3.63, 3.8) is 0 Å². The molecule has 0 spiro atoms. The Kier molecular flexibility index (Phi) is 3.48. The van der Waals surface area contributed by atoms with Gasteiger partial charge in [-0.25, -0.2) is 8.78 Å². The third kappa shape index (κ3) is 2.43. The van der Waals surface area contributed by atoms with Crippen molar-refractivity contribution >= 4 is 15.9 Å². The Morgan fingerprint density at radius 2 is 1.90 bits per heavy atom. The lowest BCUT2D eigenvalue weighted by molar-refractivity contribution is 0.0636. The minimum Gasteiger partial charge on any atom is -0.485 e. The zero-order valence-corrected chi connectivity index (χ0v) is 11.9. The second-order valence-corrected chi connectivity index (χ2v) is 5.62. The maximum Gasteiger partial charge on any atom is 0.130 e. The van der Waals surface area contributed by atoms with Gasteiger partial charge >= 0.3 is 0 Å². The van der Waals surface area contributed by atoms with Crippen LogP contribution in [0, 0.1) is 11.6 Å². The molecule has 2 nitrogen and oxygen atoms in total. The Balaban J connectivity index is 1.99. The molecule has 2 atom stereocenters. The van der Waals surface area contributed by atoms with Crippen LogP contribution in [0.4, 0.5) is 8.78 Å². The fourth-order valence-corrected chi connectivity index (χ4v) is 2.75. The summed E-state index contributed by atoms with van der Waals surface area (Å²) in [6, 6.07) is 8.52. The van der Waals surface area contributed by atoms with E-state index in [1.807, 2.05) is 0 Å². The summed E-state index contributed by atoms with van der Waals surface area (Å²) in [5, 5.41) is 10.1. The first kappa shape index (κ1) is 13.5. The molecular weight excluding hydrogens is 330 g/mol. The quantitative estimate of drug-likeness (QED) is 0.839. The lowest BCUT2D eigenvalue weighted by Crippen LogP contribution is -2.20. The average Bonchev–Trinajstić information content (AvgIpc) is 2.42. The van der Waals surface area contributed by atoms with Crippen LogP contribution in [0.2, 0.25) is 0 Å². The minimum absolute atomic E-state index is 0.184. The Labute approximate surface area is 123 Å². The molecule has 20 heavy (non-hydrogen) atoms. The predicted molar refractivity (Wildman–Crippen MR) is 73.4 cm³/mol. The largest absolute Gasteiger partial charge is 0.485 e. The van der Waals surface area contributed by atoms with Gasteiger partial charge in [0.2, 0.25) is 0 Å². The van der Waals surface area contributed by atoms with Crippen LogP contribution in [-0.2, 0) is 0 Å². The lowest BCUT2D eigenvalue weighted by Gasteiger charge is -2.30. The van der Waals surface area contributed by atoms with Crippen molar-refractivity contribution in [3.05, 3.63) is 63.6 Å². The molecule has 0 aliphatic carbocycles. The fourth-order valence-electron chi connectivity index (χ4n) is 2.37. The summed E-state index contributed by atoms with van der Waals surface area (Å²) in [4.78, 5) is 0. The number of aliphatic hydroxyl groups is 1. The number of benzene rings is 2. The number of halogens is 3. The molecule has 2 aromatic carbocycles. The molecule has 1 aliphatic heterocycles. The molecule has 0 saturated heterocycles. The van der Waals surface area contributed by atoms with E-state index in [9.17, 15) is 13.9 Å². The van der Waals surface area contributed by atoms with Crippen molar-refractivity contribution in [2.75, 3.05) is 0 Å². The van der Waals surface area contributed by atoms with E-state index in [1.54, 1.807) is 12.1 Å². The summed E-state index contributed by atoms with van der Waals surface area (Å²) in [6.07, 6.45) is -1.29. The highest BCUT2D eigenvalue weighted by atomic mass is 79.9. The summed E-state index contributed by atoms with van der Waals surface area (Å²) in [5.41, 5.74) is 0.769. The number of fused-ring (bicyclic) bond motifs is 1. The molecule has 0 aromatic heterocycles. The van der Waals surface area contributed by atoms with E-state index in [2.05, 4.69) is 15.9 Å². The van der Waals surface area contributed by atoms with Gasteiger partial charge in [0.1, 0.15) is 23.5 Å². The van der Waals surface area contributed by atoms with Crippen molar-refractivity contribution in [3.8, 4) is 5.75 Å². The molecule has 1 aliphatic rings. The maximum atomic E-state index is 13.9. The Bertz CT molecular complexity index is 660. The van der Waals surface area contributed by atoms with Gasteiger partial charge in [-0.05, 0) is 36.4 Å². The first-order valence-corrected chi connectivity index (χ1v) is 6.93. The number of hydrogen-bond donors (Lipinski definition) is 1. The Hall–Kier alpha value is -1.46. The SMILES string of the molecule is O[C@@H]1CC(c2cc(Br)ccc2F)Oc2ccc(F)cc21. The molecule has 1 N–H and O–H groups in total. The highest BCUT2D eigenvalue weighted by molar-refractivity contribution is 9.10. The van der Waals surface area contributed by atoms with E-state index < -0.39 is 23.8 Å². The van der Waals surface area contributed by atoms with Crippen LogP contribution >= 0.6 is 15.9 Å². The van der Waals surface area contributed by atoms with Crippen molar-refractivity contribution in [1.82, 2.24) is 0 Å². The molecule has 5 heteroatoms. The summed E-state index contributed by atoms with van der Waals surface area (Å²) in [5.74, 6) is -0.441. The molecule has 0 saturated carbocycles. The highest BCUT2D eigenvalue weighted by Crippen LogP contribution is 2.41. The van der Waals surface area contributed by atoms with Gasteiger partial charge in [0.05, 0.1) is 6.10 Å². The molecule has 3 rings (SSSR count). The van der Waals surface area contributed by atoms with Gasteiger partial charge in [-0.3, -0.25) is 0 Å². The van der Waals surface area contributed by atoms with Gasteiger partial charge in [-0.2, -0.15) is 0 Å². The van der Waals surface area contributed by atoms with E-state index in [0.717, 1.165) is 4.47 Å². The molecule has 1 heterocycles. The van der Waals surface area contributed by atoms with Gasteiger partial charge in [0, 0.05) is 22.0 Å². The highest BCUT2D eigenvalue weighted by Gasteiger charge is 2.30. The molecule has 104 valence electrons. The van der Waals surface area contributed by atoms with Gasteiger partial charge in [-0.15, -0.1) is 0 Å². The van der Waals surface area contributed by atoms with Crippen LogP contribution in [0.3, 0.4) is 0 Å². The van der Waals surface area contributed by atoms with E-state index in [1.165, 1.54) is 24.3 Å². The summed E-state index contributed by atoms with van der Waals surface area (Å²) < 4.78 is 33.5. The number of aliphatic hydroxyl groups excluding tert-OH is 1. The Morgan fingerprint density at radius 1 is 1.10 bits per heavy atom. The number of rotatable bonds is 1. The standard InChI is InChI=1S/C15H11BrF2O2/c16-8-1-3-12(18)10(5-8)15-7-13(19)11-6-9(17)2-4-14(11)20-15/h1-6,13,15,19H,7H2/t13-,15?/m1/s1. The molecule has 0 radical (unpaired) electrons. The van der Waals surface area contributed by atoms with Crippen molar-refractivity contribution in [2.24, 2.45) is 0 Å². The van der Waals surface area contributed by atoms with Crippen LogP contribution < -0.4 is 4.74 Å². The third-order valence-electron chi connectivity index (χ3n) is 3.34. The molecule has 0 bridgehead atoms. The number of hydrogen-bond acceptors (Lipinski definition) is 2. The number of ether oxygens (including phenoxy) is 1. The van der Waals surface area contributed by atoms with Gasteiger partial charge < -0.3 is 9.84 Å². The Morgan fingerprint density at radius 3 is 2.70 bits per heavy atom. The lowest BCUT2D eigenvalue weighted by atomic mass is 9.94. The normalized spacial score (nSPS) is 21.2. The van der Waals surface area contributed by atoms with Crippen LogP contribution in [0.25, 0.3) is 0 Å². The zero-order chi connectivity index (χ0) is 14.3. The zero-order valence-electron chi connectivity index (χ0n) is 10.3. The molecule has 0 fully saturated rings. The minimum atomic E-state index is -0.877. The van der Waals surface area contributed by atoms with E-state index >= 15 is 0 Å². The molecule has 0 amide bonds. The van der Waals surface area contributed by atoms with Crippen LogP contribution in [0.15, 0.2) is 40.9 Å². The van der Waals surface area contributed by atoms with Gasteiger partial charge in [-0.1, -0.05) is 15.9 Å². The van der Waals surface area contributed by atoms with Crippen molar-refractivity contribution < 1.29 is 18.6 Å². The smallest absolute Gasteiger partial charge is 0.130 e. The van der Waals surface area contributed by atoms with Crippen molar-refractivity contribution in [1.29, 1.82) is 0 Å². The third-order valence-corrected chi connectivity index (χ3v) is 3.84. The second-order valence-electron chi connectivity index (χ2n) is 4.71. The fraction of sp³-hybridized carbons (Fsp3) is 0.200. The van der Waals surface area contributed by atoms with Gasteiger partial charge in [0.25, 0.3) is 0 Å². The summed E-state index contributed by atoms with van der Waals surface area (Å²) in [6.45, 7) is 0. The van der Waals surface area contributed by atoms with Crippen LogP contribution in [0.5, 0.6) is 5.75 Å². The maximum absolute atomic E-state index is 13.9. The average molecular weight is 341 g/mol. The van der Waals surface area contributed by atoms with Crippen LogP contribution in [0.1, 0.15) is 29.8 Å². The first-order chi connectivity index (χ1) is 9.54. The first-order valence-electron chi connectivity index (χ1n) is 6.13. The summed E-state index contributed by atoms with van der Waals surface area (Å²) in [7, 11) is 0. The second kappa shape index (κ2) is 5.14. The summed E-state index contributed by atoms with van der Waals surface area (Å²) >= 11 is 3.28. The van der Waals surface area contributed by atoms with Gasteiger partial charge in [0.15, 0.2) is 0 Å². The van der Waals surface area contributed by atoms with E-state index in [4.69, 9.17) is 4.74 Å². The van der Waals surface area contributed by atoms with Crippen LogP contribution in [-0.4, -0.2) is 5.11 Å². The molecule has 2 aromatic rings. The monoisotopic (exact) mass is 340 g/mol. The topological polar surface area (TPSA) is 29.5 Å². The van der Waals surface area contributed by atoms with Crippen molar-refractivity contribution in [2.45, 2.75) is 18.6 Å². The molecule has 1 unspecified atom stereocenters. The van der Waals surface area contributed by atoms with E-state index in [0.29, 0.717) is 16.9 Å². The molecular formula is C15H11BrF2O2. The predicted octanol–water partition coefficient (Wildman–Crippen LogP) is 4.28. The van der Waals surface area contributed by atoms with E-state index in [-0.39, 0.29) is 6.42 Å².